The van der Waals surface area contributed by atoms with Crippen LogP contribution in [0, 0.1) is 6.92 Å². The SMILES string of the molecule is CCOC(=O)N1CCC(Nc2nncc(Nc3cccc(C)c3)n2)CC1. The van der Waals surface area contributed by atoms with E-state index in [-0.39, 0.29) is 12.1 Å². The third kappa shape index (κ3) is 4.81. The van der Waals surface area contributed by atoms with Crippen LogP contribution in [0.15, 0.2) is 30.5 Å². The molecule has 3 rings (SSSR count). The number of anilines is 3. The van der Waals surface area contributed by atoms with Crippen LogP contribution in [0.1, 0.15) is 25.3 Å². The van der Waals surface area contributed by atoms with Crippen molar-refractivity contribution in [2.24, 2.45) is 0 Å². The van der Waals surface area contributed by atoms with Crippen molar-refractivity contribution < 1.29 is 9.53 Å². The van der Waals surface area contributed by atoms with E-state index in [1.54, 1.807) is 11.1 Å². The molecule has 0 radical (unpaired) electrons. The molecule has 138 valence electrons. The van der Waals surface area contributed by atoms with Gasteiger partial charge in [-0.3, -0.25) is 0 Å². The van der Waals surface area contributed by atoms with E-state index < -0.39 is 0 Å². The zero-order chi connectivity index (χ0) is 18.4. The summed E-state index contributed by atoms with van der Waals surface area (Å²) in [4.78, 5) is 18.0. The molecule has 1 aliphatic heterocycles. The van der Waals surface area contributed by atoms with Crippen molar-refractivity contribution in [3.05, 3.63) is 36.0 Å². The molecule has 0 spiro atoms. The molecule has 1 saturated heterocycles. The predicted octanol–water partition coefficient (Wildman–Crippen LogP) is 2.96. The largest absolute Gasteiger partial charge is 0.450 e. The average molecular weight is 356 g/mol. The molecule has 2 N–H and O–H groups in total. The first-order valence-electron chi connectivity index (χ1n) is 8.85. The Balaban J connectivity index is 1.55. The molecule has 1 aliphatic rings. The lowest BCUT2D eigenvalue weighted by Gasteiger charge is -2.31. The van der Waals surface area contributed by atoms with Gasteiger partial charge in [-0.1, -0.05) is 12.1 Å². The standard InChI is InChI=1S/C18H24N6O2/c1-3-26-18(25)24-9-7-14(8-10-24)21-17-22-16(12-19-23-17)20-15-6-4-5-13(2)11-15/h4-6,11-12,14H,3,7-10H2,1-2H3,(H2,20,21,22,23). The van der Waals surface area contributed by atoms with Gasteiger partial charge in [0.05, 0.1) is 12.8 Å². The van der Waals surface area contributed by atoms with Gasteiger partial charge in [-0.15, -0.1) is 5.10 Å². The highest BCUT2D eigenvalue weighted by atomic mass is 16.6. The number of nitrogens with zero attached hydrogens (tertiary/aromatic N) is 4. The van der Waals surface area contributed by atoms with Gasteiger partial charge in [0.15, 0.2) is 5.82 Å². The molecule has 1 amide bonds. The third-order valence-corrected chi connectivity index (χ3v) is 4.20. The second kappa shape index (κ2) is 8.46. The van der Waals surface area contributed by atoms with Gasteiger partial charge < -0.3 is 20.3 Å². The van der Waals surface area contributed by atoms with Crippen LogP contribution in [-0.2, 0) is 4.74 Å². The van der Waals surface area contributed by atoms with E-state index in [4.69, 9.17) is 4.74 Å². The molecule has 1 fully saturated rings. The molecule has 2 aromatic rings. The maximum Gasteiger partial charge on any atom is 0.409 e. The lowest BCUT2D eigenvalue weighted by molar-refractivity contribution is 0.0983. The van der Waals surface area contributed by atoms with E-state index in [9.17, 15) is 4.79 Å². The highest BCUT2D eigenvalue weighted by Crippen LogP contribution is 2.18. The van der Waals surface area contributed by atoms with Gasteiger partial charge >= 0.3 is 6.09 Å². The van der Waals surface area contributed by atoms with Crippen LogP contribution in [0.2, 0.25) is 0 Å². The minimum atomic E-state index is -0.242. The van der Waals surface area contributed by atoms with Gasteiger partial charge in [0.1, 0.15) is 0 Å². The number of rotatable bonds is 5. The fourth-order valence-electron chi connectivity index (χ4n) is 2.90. The topological polar surface area (TPSA) is 92.3 Å². The average Bonchev–Trinajstić information content (AvgIpc) is 2.63. The molecule has 1 aromatic heterocycles. The number of hydrogen-bond donors (Lipinski definition) is 2. The summed E-state index contributed by atoms with van der Waals surface area (Å²) >= 11 is 0. The summed E-state index contributed by atoms with van der Waals surface area (Å²) in [5.41, 5.74) is 2.13. The quantitative estimate of drug-likeness (QED) is 0.851. The number of aromatic nitrogens is 3. The monoisotopic (exact) mass is 356 g/mol. The number of benzene rings is 1. The minimum Gasteiger partial charge on any atom is -0.450 e. The van der Waals surface area contributed by atoms with Gasteiger partial charge in [-0.05, 0) is 44.4 Å². The number of ether oxygens (including phenoxy) is 1. The van der Waals surface area contributed by atoms with Crippen LogP contribution < -0.4 is 10.6 Å². The van der Waals surface area contributed by atoms with Crippen LogP contribution >= 0.6 is 0 Å². The third-order valence-electron chi connectivity index (χ3n) is 4.20. The van der Waals surface area contributed by atoms with Crippen LogP contribution in [0.3, 0.4) is 0 Å². The Morgan fingerprint density at radius 2 is 2.15 bits per heavy atom. The maximum atomic E-state index is 11.7. The van der Waals surface area contributed by atoms with Crippen LogP contribution in [0.5, 0.6) is 0 Å². The first-order chi connectivity index (χ1) is 12.6. The van der Waals surface area contributed by atoms with Crippen LogP contribution in [-0.4, -0.2) is 51.9 Å². The molecule has 0 bridgehead atoms. The summed E-state index contributed by atoms with van der Waals surface area (Å²) in [6.45, 7) is 5.57. The Morgan fingerprint density at radius 1 is 1.35 bits per heavy atom. The minimum absolute atomic E-state index is 0.205. The lowest BCUT2D eigenvalue weighted by atomic mass is 10.1. The van der Waals surface area contributed by atoms with E-state index in [1.807, 2.05) is 38.1 Å². The van der Waals surface area contributed by atoms with Gasteiger partial charge in [-0.25, -0.2) is 4.79 Å². The summed E-state index contributed by atoms with van der Waals surface area (Å²) in [6.07, 6.45) is 2.99. The Bertz CT molecular complexity index is 746. The zero-order valence-corrected chi connectivity index (χ0v) is 15.1. The molecule has 0 atom stereocenters. The lowest BCUT2D eigenvalue weighted by Crippen LogP contribution is -2.42. The Morgan fingerprint density at radius 3 is 2.88 bits per heavy atom. The molecule has 0 unspecified atom stereocenters. The van der Waals surface area contributed by atoms with E-state index in [1.165, 1.54) is 5.56 Å². The molecular weight excluding hydrogens is 332 g/mol. The maximum absolute atomic E-state index is 11.7. The van der Waals surface area contributed by atoms with Gasteiger partial charge in [0, 0.05) is 24.8 Å². The summed E-state index contributed by atoms with van der Waals surface area (Å²) < 4.78 is 5.04. The highest BCUT2D eigenvalue weighted by molar-refractivity contribution is 5.67. The molecule has 1 aromatic carbocycles. The number of aryl methyl sites for hydroxylation is 1. The van der Waals surface area contributed by atoms with Crippen molar-refractivity contribution in [2.75, 3.05) is 30.3 Å². The zero-order valence-electron chi connectivity index (χ0n) is 15.1. The molecule has 8 nitrogen and oxygen atoms in total. The van der Waals surface area contributed by atoms with Crippen LogP contribution in [0.25, 0.3) is 0 Å². The van der Waals surface area contributed by atoms with Gasteiger partial charge in [0.25, 0.3) is 0 Å². The smallest absolute Gasteiger partial charge is 0.409 e. The summed E-state index contributed by atoms with van der Waals surface area (Å²) in [5, 5.41) is 14.6. The van der Waals surface area contributed by atoms with Gasteiger partial charge in [0.2, 0.25) is 5.95 Å². The Kier molecular flexibility index (Phi) is 5.83. The highest BCUT2D eigenvalue weighted by Gasteiger charge is 2.24. The second-order valence-corrected chi connectivity index (χ2v) is 6.26. The van der Waals surface area contributed by atoms with E-state index in [2.05, 4.69) is 25.8 Å². The summed E-state index contributed by atoms with van der Waals surface area (Å²) in [7, 11) is 0. The fraction of sp³-hybridized carbons (Fsp3) is 0.444. The van der Waals surface area contributed by atoms with E-state index >= 15 is 0 Å². The van der Waals surface area contributed by atoms with Crippen LogP contribution in [0.4, 0.5) is 22.2 Å². The number of carbonyl (C=O) groups is 1. The number of nitrogens with one attached hydrogen (secondary N) is 2. The van der Waals surface area contributed by atoms with Crippen molar-refractivity contribution in [1.29, 1.82) is 0 Å². The Labute approximate surface area is 153 Å². The Hall–Kier alpha value is -2.90. The number of piperidine rings is 1. The van der Waals surface area contributed by atoms with Crippen molar-refractivity contribution in [2.45, 2.75) is 32.7 Å². The van der Waals surface area contributed by atoms with Crippen molar-refractivity contribution >= 4 is 23.5 Å². The number of likely N-dealkylation sites (tertiary alicyclic amines) is 1. The van der Waals surface area contributed by atoms with Gasteiger partial charge in [-0.2, -0.15) is 10.1 Å². The number of amides is 1. The molecule has 0 aliphatic carbocycles. The first kappa shape index (κ1) is 17.9. The van der Waals surface area contributed by atoms with Crippen molar-refractivity contribution in [3.63, 3.8) is 0 Å². The number of carbonyl (C=O) groups excluding carboxylic acids is 1. The summed E-state index contributed by atoms with van der Waals surface area (Å²) in [5.74, 6) is 1.12. The number of hydrogen-bond acceptors (Lipinski definition) is 7. The predicted molar refractivity (Wildman–Crippen MR) is 99.5 cm³/mol. The van der Waals surface area contributed by atoms with E-state index in [0.717, 1.165) is 18.5 Å². The second-order valence-electron chi connectivity index (χ2n) is 6.26. The molecule has 0 saturated carbocycles. The van der Waals surface area contributed by atoms with Crippen molar-refractivity contribution in [1.82, 2.24) is 20.1 Å². The normalized spacial score (nSPS) is 14.8. The first-order valence-corrected chi connectivity index (χ1v) is 8.85. The fourth-order valence-corrected chi connectivity index (χ4v) is 2.90. The molecule has 26 heavy (non-hydrogen) atoms. The molecule has 8 heteroatoms. The molecule has 2 heterocycles. The summed E-state index contributed by atoms with van der Waals surface area (Å²) in [6, 6.07) is 8.26. The molecular formula is C18H24N6O2. The van der Waals surface area contributed by atoms with E-state index in [0.29, 0.717) is 31.5 Å². The van der Waals surface area contributed by atoms with Crippen molar-refractivity contribution in [3.8, 4) is 0 Å².